The quantitative estimate of drug-likeness (QED) is 0.768. The molecule has 0 bridgehead atoms. The highest BCUT2D eigenvalue weighted by Crippen LogP contribution is 2.27. The van der Waals surface area contributed by atoms with Crippen molar-refractivity contribution in [2.45, 2.75) is 43.7 Å². The van der Waals surface area contributed by atoms with Crippen LogP contribution in [0.25, 0.3) is 0 Å². The molecule has 0 aliphatic heterocycles. The zero-order chi connectivity index (χ0) is 15.3. The Bertz CT molecular complexity index is 484. The van der Waals surface area contributed by atoms with E-state index in [0.717, 1.165) is 19.3 Å². The Morgan fingerprint density at radius 1 is 1.38 bits per heavy atom. The van der Waals surface area contributed by atoms with Crippen molar-refractivity contribution in [3.8, 4) is 5.75 Å². The van der Waals surface area contributed by atoms with Crippen molar-refractivity contribution in [3.63, 3.8) is 0 Å². The van der Waals surface area contributed by atoms with Crippen molar-refractivity contribution in [3.05, 3.63) is 29.8 Å². The maximum Gasteiger partial charge on any atom is 0.240 e. The van der Waals surface area contributed by atoms with Gasteiger partial charge in [0.1, 0.15) is 5.75 Å². The fraction of sp³-hybridized carbons (Fsp3) is 0.562. The summed E-state index contributed by atoms with van der Waals surface area (Å²) >= 11 is 0. The first-order valence-electron chi connectivity index (χ1n) is 7.45. The lowest BCUT2D eigenvalue weighted by molar-refractivity contribution is -0.128. The number of para-hydroxylation sites is 1. The number of aliphatic hydroxyl groups excluding tert-OH is 1. The smallest absolute Gasteiger partial charge is 0.240 e. The lowest BCUT2D eigenvalue weighted by Gasteiger charge is -2.32. The topological polar surface area (TPSA) is 84.6 Å². The third-order valence-corrected chi connectivity index (χ3v) is 4.15. The predicted molar refractivity (Wildman–Crippen MR) is 81.0 cm³/mol. The minimum absolute atomic E-state index is 0.137. The van der Waals surface area contributed by atoms with Gasteiger partial charge >= 0.3 is 0 Å². The number of methoxy groups -OCH3 is 1. The molecule has 1 unspecified atom stereocenters. The molecule has 5 nitrogen and oxygen atoms in total. The molecule has 1 amide bonds. The molecule has 1 fully saturated rings. The fourth-order valence-electron chi connectivity index (χ4n) is 2.83. The van der Waals surface area contributed by atoms with Crippen LogP contribution in [0.4, 0.5) is 0 Å². The van der Waals surface area contributed by atoms with E-state index < -0.39 is 11.6 Å². The zero-order valence-corrected chi connectivity index (χ0v) is 12.5. The standard InChI is InChI=1S/C16H24N2O3/c1-21-14-8-4-3-7-12(14)13(19)11-18-15(20)16(17)9-5-2-6-10-16/h3-4,7-8,13,19H,2,5-6,9-11,17H2,1H3,(H,18,20). The van der Waals surface area contributed by atoms with Gasteiger partial charge in [0.25, 0.3) is 0 Å². The average molecular weight is 292 g/mol. The maximum atomic E-state index is 12.2. The van der Waals surface area contributed by atoms with Crippen LogP contribution in [0.15, 0.2) is 24.3 Å². The molecule has 5 heteroatoms. The largest absolute Gasteiger partial charge is 0.496 e. The van der Waals surface area contributed by atoms with E-state index in [0.29, 0.717) is 24.2 Å². The van der Waals surface area contributed by atoms with Gasteiger partial charge in [0.2, 0.25) is 5.91 Å². The Morgan fingerprint density at radius 3 is 2.71 bits per heavy atom. The number of hydrogen-bond donors (Lipinski definition) is 3. The summed E-state index contributed by atoms with van der Waals surface area (Å²) in [5.41, 5.74) is 6.05. The molecule has 1 aliphatic rings. The molecular weight excluding hydrogens is 268 g/mol. The lowest BCUT2D eigenvalue weighted by Crippen LogP contribution is -2.55. The first-order chi connectivity index (χ1) is 10.1. The maximum absolute atomic E-state index is 12.2. The zero-order valence-electron chi connectivity index (χ0n) is 12.5. The van der Waals surface area contributed by atoms with E-state index in [1.54, 1.807) is 19.2 Å². The number of carbonyl (C=O) groups excluding carboxylic acids is 1. The van der Waals surface area contributed by atoms with Gasteiger partial charge in [-0.25, -0.2) is 0 Å². The van der Waals surface area contributed by atoms with Gasteiger partial charge in [0, 0.05) is 12.1 Å². The van der Waals surface area contributed by atoms with E-state index in [4.69, 9.17) is 10.5 Å². The second kappa shape index (κ2) is 6.91. The number of benzene rings is 1. The summed E-state index contributed by atoms with van der Waals surface area (Å²) in [6.45, 7) is 0.137. The number of amides is 1. The van der Waals surface area contributed by atoms with Crippen LogP contribution in [-0.2, 0) is 4.79 Å². The third-order valence-electron chi connectivity index (χ3n) is 4.15. The van der Waals surface area contributed by atoms with Crippen molar-refractivity contribution in [2.75, 3.05) is 13.7 Å². The van der Waals surface area contributed by atoms with Gasteiger partial charge in [0.05, 0.1) is 18.8 Å². The molecule has 1 aromatic carbocycles. The highest BCUT2D eigenvalue weighted by Gasteiger charge is 2.35. The highest BCUT2D eigenvalue weighted by atomic mass is 16.5. The van der Waals surface area contributed by atoms with E-state index in [-0.39, 0.29) is 12.5 Å². The van der Waals surface area contributed by atoms with Crippen LogP contribution in [-0.4, -0.2) is 30.2 Å². The van der Waals surface area contributed by atoms with Crippen molar-refractivity contribution in [2.24, 2.45) is 5.73 Å². The summed E-state index contributed by atoms with van der Waals surface area (Å²) < 4.78 is 5.21. The molecule has 116 valence electrons. The fourth-order valence-corrected chi connectivity index (χ4v) is 2.83. The first kappa shape index (κ1) is 15.8. The third kappa shape index (κ3) is 3.74. The molecule has 1 atom stereocenters. The van der Waals surface area contributed by atoms with E-state index >= 15 is 0 Å². The van der Waals surface area contributed by atoms with E-state index in [1.807, 2.05) is 12.1 Å². The molecule has 0 aromatic heterocycles. The summed E-state index contributed by atoms with van der Waals surface area (Å²) in [4.78, 5) is 12.2. The monoisotopic (exact) mass is 292 g/mol. The normalized spacial score (nSPS) is 18.8. The Hall–Kier alpha value is -1.59. The molecule has 1 aliphatic carbocycles. The van der Waals surface area contributed by atoms with Crippen LogP contribution < -0.4 is 15.8 Å². The van der Waals surface area contributed by atoms with E-state index in [2.05, 4.69) is 5.32 Å². The number of rotatable bonds is 5. The number of hydrogen-bond acceptors (Lipinski definition) is 4. The van der Waals surface area contributed by atoms with Crippen molar-refractivity contribution in [1.29, 1.82) is 0 Å². The van der Waals surface area contributed by atoms with Crippen LogP contribution in [0.2, 0.25) is 0 Å². The van der Waals surface area contributed by atoms with Gasteiger partial charge in [-0.1, -0.05) is 37.5 Å². The average Bonchev–Trinajstić information content (AvgIpc) is 2.52. The van der Waals surface area contributed by atoms with Crippen LogP contribution in [0.1, 0.15) is 43.8 Å². The Kier molecular flexibility index (Phi) is 5.20. The number of nitrogens with two attached hydrogens (primary N) is 1. The molecule has 2 rings (SSSR count). The summed E-state index contributed by atoms with van der Waals surface area (Å²) in [5, 5.41) is 13.0. The minimum Gasteiger partial charge on any atom is -0.496 e. The number of ether oxygens (including phenoxy) is 1. The minimum atomic E-state index is -0.808. The molecule has 4 N–H and O–H groups in total. The van der Waals surface area contributed by atoms with E-state index in [1.165, 1.54) is 0 Å². The molecule has 0 heterocycles. The molecule has 21 heavy (non-hydrogen) atoms. The molecule has 0 saturated heterocycles. The van der Waals surface area contributed by atoms with Crippen LogP contribution in [0, 0.1) is 0 Å². The van der Waals surface area contributed by atoms with Crippen molar-refractivity contribution in [1.82, 2.24) is 5.32 Å². The molecule has 0 spiro atoms. The van der Waals surface area contributed by atoms with Crippen LogP contribution in [0.3, 0.4) is 0 Å². The number of nitrogens with one attached hydrogen (secondary N) is 1. The SMILES string of the molecule is COc1ccccc1C(O)CNC(=O)C1(N)CCCCC1. The summed E-state index contributed by atoms with van der Waals surface area (Å²) in [5.74, 6) is 0.440. The Balaban J connectivity index is 1.94. The van der Waals surface area contributed by atoms with E-state index in [9.17, 15) is 9.90 Å². The van der Waals surface area contributed by atoms with Crippen LogP contribution in [0.5, 0.6) is 5.75 Å². The Labute approximate surface area is 125 Å². The highest BCUT2D eigenvalue weighted by molar-refractivity contribution is 5.86. The van der Waals surface area contributed by atoms with Gasteiger partial charge in [-0.05, 0) is 18.9 Å². The molecular formula is C16H24N2O3. The van der Waals surface area contributed by atoms with Crippen LogP contribution >= 0.6 is 0 Å². The summed E-state index contributed by atoms with van der Waals surface area (Å²) in [6.07, 6.45) is 3.72. The summed E-state index contributed by atoms with van der Waals surface area (Å²) in [6, 6.07) is 7.24. The van der Waals surface area contributed by atoms with Crippen molar-refractivity contribution >= 4 is 5.91 Å². The van der Waals surface area contributed by atoms with Crippen molar-refractivity contribution < 1.29 is 14.6 Å². The second-order valence-corrected chi connectivity index (χ2v) is 5.68. The van der Waals surface area contributed by atoms with Gasteiger partial charge in [-0.15, -0.1) is 0 Å². The van der Waals surface area contributed by atoms with Gasteiger partial charge < -0.3 is 20.9 Å². The lowest BCUT2D eigenvalue weighted by atomic mass is 9.82. The molecule has 0 radical (unpaired) electrons. The Morgan fingerprint density at radius 2 is 2.05 bits per heavy atom. The second-order valence-electron chi connectivity index (χ2n) is 5.68. The first-order valence-corrected chi connectivity index (χ1v) is 7.45. The molecule has 1 saturated carbocycles. The van der Waals surface area contributed by atoms with Gasteiger partial charge in [-0.3, -0.25) is 4.79 Å². The predicted octanol–water partition coefficient (Wildman–Crippen LogP) is 1.51. The van der Waals surface area contributed by atoms with Gasteiger partial charge in [0.15, 0.2) is 0 Å². The summed E-state index contributed by atoms with van der Waals surface area (Å²) in [7, 11) is 1.56. The number of aliphatic hydroxyl groups is 1. The van der Waals surface area contributed by atoms with Gasteiger partial charge in [-0.2, -0.15) is 0 Å². The molecule has 1 aromatic rings. The number of carbonyl (C=O) groups is 1.